The van der Waals surface area contributed by atoms with Gasteiger partial charge in [-0.15, -0.1) is 58.0 Å². The smallest absolute Gasteiger partial charge is 0.0686 e. The summed E-state index contributed by atoms with van der Waals surface area (Å²) in [6, 6.07) is 0. The van der Waals surface area contributed by atoms with Crippen molar-refractivity contribution in [3.63, 3.8) is 0 Å². The third-order valence-corrected chi connectivity index (χ3v) is 3.68. The van der Waals surface area contributed by atoms with Gasteiger partial charge in [0, 0.05) is 11.8 Å². The Hall–Kier alpha value is 1.45. The third kappa shape index (κ3) is 3.73. The molecule has 62 valence electrons. The Bertz CT molecular complexity index is 76.1. The molecule has 0 aromatic carbocycles. The average Bonchev–Trinajstić information content (AvgIpc) is 2.00. The van der Waals surface area contributed by atoms with Crippen molar-refractivity contribution < 1.29 is 0 Å². The molecule has 5 heteroatoms. The highest BCUT2D eigenvalue weighted by Crippen LogP contribution is 2.20. The Morgan fingerprint density at radius 1 is 0.800 bits per heavy atom. The van der Waals surface area contributed by atoms with Crippen molar-refractivity contribution in [2.75, 3.05) is 11.8 Å². The largest absolute Gasteiger partial charge is 0.125 e. The normalized spacial score (nSPS) is 20.1. The lowest BCUT2D eigenvalue weighted by Gasteiger charge is -2.16. The molecule has 0 radical (unpaired) electrons. The van der Waals surface area contributed by atoms with E-state index < -0.39 is 0 Å². The molecule has 0 saturated carbocycles. The van der Waals surface area contributed by atoms with Gasteiger partial charge in [-0.25, -0.2) is 0 Å². The molecule has 2 atom stereocenters. The summed E-state index contributed by atoms with van der Waals surface area (Å²) in [5.41, 5.74) is 0. The average molecular weight is 244 g/mol. The van der Waals surface area contributed by atoms with E-state index in [1.165, 1.54) is 0 Å². The lowest BCUT2D eigenvalue weighted by Crippen LogP contribution is -2.27. The SMILES string of the molecule is ClCC(Cl)C(Cl)C(Cl)CCl. The number of rotatable bonds is 4. The summed E-state index contributed by atoms with van der Waals surface area (Å²) in [6.07, 6.45) is 0. The second kappa shape index (κ2) is 6.02. The molecule has 0 rings (SSSR count). The molecule has 0 amide bonds. The van der Waals surface area contributed by atoms with E-state index in [2.05, 4.69) is 0 Å². The van der Waals surface area contributed by atoms with Gasteiger partial charge < -0.3 is 0 Å². The first kappa shape index (κ1) is 11.4. The summed E-state index contributed by atoms with van der Waals surface area (Å²) in [6.45, 7) is 0. The van der Waals surface area contributed by atoms with Crippen molar-refractivity contribution in [2.24, 2.45) is 0 Å². The van der Waals surface area contributed by atoms with Gasteiger partial charge >= 0.3 is 0 Å². The second-order valence-electron chi connectivity index (χ2n) is 1.79. The molecule has 0 saturated heterocycles. The van der Waals surface area contributed by atoms with E-state index in [9.17, 15) is 0 Å². The predicted molar refractivity (Wildman–Crippen MR) is 50.4 cm³/mol. The topological polar surface area (TPSA) is 0 Å². The van der Waals surface area contributed by atoms with Gasteiger partial charge in [-0.05, 0) is 0 Å². The summed E-state index contributed by atoms with van der Waals surface area (Å²) in [5, 5.41) is -0.993. The highest BCUT2D eigenvalue weighted by molar-refractivity contribution is 6.38. The fraction of sp³-hybridized carbons (Fsp3) is 1.00. The maximum Gasteiger partial charge on any atom is 0.0686 e. The first-order chi connectivity index (χ1) is 4.63. The Balaban J connectivity index is 3.69. The second-order valence-corrected chi connectivity index (χ2v) is 4.03. The van der Waals surface area contributed by atoms with Crippen molar-refractivity contribution >= 4 is 58.0 Å². The van der Waals surface area contributed by atoms with Gasteiger partial charge in [0.05, 0.1) is 16.1 Å². The van der Waals surface area contributed by atoms with Crippen LogP contribution in [0.15, 0.2) is 0 Å². The number of hydrogen-bond acceptors (Lipinski definition) is 0. The van der Waals surface area contributed by atoms with Crippen LogP contribution >= 0.6 is 58.0 Å². The quantitative estimate of drug-likeness (QED) is 0.666. The van der Waals surface area contributed by atoms with E-state index in [-0.39, 0.29) is 27.9 Å². The first-order valence-corrected chi connectivity index (χ1v) is 5.05. The standard InChI is InChI=1S/C5H7Cl5/c6-1-3(8)5(10)4(9)2-7/h3-5H,1-2H2. The zero-order valence-electron chi connectivity index (χ0n) is 5.04. The molecule has 2 unspecified atom stereocenters. The molecule has 0 aliphatic carbocycles. The summed E-state index contributed by atoms with van der Waals surface area (Å²) in [7, 11) is 0. The number of hydrogen-bond donors (Lipinski definition) is 0. The van der Waals surface area contributed by atoms with E-state index in [1.807, 2.05) is 0 Å². The highest BCUT2D eigenvalue weighted by Gasteiger charge is 2.23. The molecular formula is C5H7Cl5. The van der Waals surface area contributed by atoms with Crippen LogP contribution in [0.1, 0.15) is 0 Å². The van der Waals surface area contributed by atoms with Crippen molar-refractivity contribution in [1.82, 2.24) is 0 Å². The minimum atomic E-state index is -0.363. The van der Waals surface area contributed by atoms with Gasteiger partial charge in [0.2, 0.25) is 0 Å². The van der Waals surface area contributed by atoms with Gasteiger partial charge in [0.25, 0.3) is 0 Å². The van der Waals surface area contributed by atoms with E-state index in [1.54, 1.807) is 0 Å². The minimum Gasteiger partial charge on any atom is -0.125 e. The lowest BCUT2D eigenvalue weighted by molar-refractivity contribution is 0.806. The first-order valence-electron chi connectivity index (χ1n) is 2.67. The van der Waals surface area contributed by atoms with Crippen LogP contribution in [0.3, 0.4) is 0 Å². The molecular weight excluding hydrogens is 237 g/mol. The van der Waals surface area contributed by atoms with Gasteiger partial charge in [0.15, 0.2) is 0 Å². The van der Waals surface area contributed by atoms with E-state index >= 15 is 0 Å². The predicted octanol–water partition coefficient (Wildman–Crippen LogP) is 3.29. The Kier molecular flexibility index (Phi) is 6.89. The Morgan fingerprint density at radius 2 is 1.10 bits per heavy atom. The highest BCUT2D eigenvalue weighted by atomic mass is 35.5. The number of halogens is 5. The van der Waals surface area contributed by atoms with E-state index in [4.69, 9.17) is 58.0 Å². The van der Waals surface area contributed by atoms with Crippen molar-refractivity contribution in [2.45, 2.75) is 16.1 Å². The maximum absolute atomic E-state index is 5.75. The molecule has 0 aliphatic rings. The molecule has 0 N–H and O–H groups in total. The number of alkyl halides is 5. The summed E-state index contributed by atoms with van der Waals surface area (Å²) in [5.74, 6) is 0.575. The van der Waals surface area contributed by atoms with Crippen molar-refractivity contribution in [3.05, 3.63) is 0 Å². The van der Waals surface area contributed by atoms with Gasteiger partial charge in [-0.1, -0.05) is 0 Å². The van der Waals surface area contributed by atoms with Crippen LogP contribution in [0, 0.1) is 0 Å². The monoisotopic (exact) mass is 242 g/mol. The van der Waals surface area contributed by atoms with Gasteiger partial charge in [0.1, 0.15) is 0 Å². The van der Waals surface area contributed by atoms with Gasteiger partial charge in [-0.3, -0.25) is 0 Å². The molecule has 0 bridgehead atoms. The molecule has 10 heavy (non-hydrogen) atoms. The van der Waals surface area contributed by atoms with Crippen LogP contribution in [0.2, 0.25) is 0 Å². The Labute approximate surface area is 85.7 Å². The zero-order chi connectivity index (χ0) is 8.15. The van der Waals surface area contributed by atoms with Gasteiger partial charge in [-0.2, -0.15) is 0 Å². The molecule has 0 aromatic heterocycles. The molecule has 0 nitrogen and oxygen atoms in total. The molecule has 0 fully saturated rings. The Morgan fingerprint density at radius 3 is 1.30 bits per heavy atom. The fourth-order valence-electron chi connectivity index (χ4n) is 0.397. The fourth-order valence-corrected chi connectivity index (χ4v) is 1.57. The summed E-state index contributed by atoms with van der Waals surface area (Å²) in [4.78, 5) is 0. The molecule has 0 spiro atoms. The molecule has 0 aromatic rings. The van der Waals surface area contributed by atoms with Crippen LogP contribution in [-0.2, 0) is 0 Å². The lowest BCUT2D eigenvalue weighted by atomic mass is 10.2. The molecule has 0 aliphatic heterocycles. The van der Waals surface area contributed by atoms with E-state index in [0.717, 1.165) is 0 Å². The van der Waals surface area contributed by atoms with Crippen molar-refractivity contribution in [1.29, 1.82) is 0 Å². The van der Waals surface area contributed by atoms with Crippen LogP contribution < -0.4 is 0 Å². The summed E-state index contributed by atoms with van der Waals surface area (Å²) >= 11 is 28.0. The third-order valence-electron chi connectivity index (χ3n) is 0.986. The summed E-state index contributed by atoms with van der Waals surface area (Å²) < 4.78 is 0. The van der Waals surface area contributed by atoms with Crippen LogP contribution in [0.4, 0.5) is 0 Å². The van der Waals surface area contributed by atoms with Crippen LogP contribution in [-0.4, -0.2) is 27.9 Å². The maximum atomic E-state index is 5.75. The zero-order valence-corrected chi connectivity index (χ0v) is 8.82. The van der Waals surface area contributed by atoms with Crippen LogP contribution in [0.5, 0.6) is 0 Å². The van der Waals surface area contributed by atoms with E-state index in [0.29, 0.717) is 0 Å². The minimum absolute atomic E-state index is 0.288. The molecule has 0 heterocycles. The van der Waals surface area contributed by atoms with Crippen LogP contribution in [0.25, 0.3) is 0 Å². The van der Waals surface area contributed by atoms with Crippen molar-refractivity contribution in [3.8, 4) is 0 Å².